The van der Waals surface area contributed by atoms with Crippen molar-refractivity contribution in [3.05, 3.63) is 32.8 Å². The molecule has 7 nitrogen and oxygen atoms in total. The van der Waals surface area contributed by atoms with E-state index in [-0.39, 0.29) is 22.8 Å². The number of nitro benzene ring substituents is 1. The van der Waals surface area contributed by atoms with Crippen molar-refractivity contribution < 1.29 is 19.2 Å². The normalized spacial score (nSPS) is 11.0. The summed E-state index contributed by atoms with van der Waals surface area (Å²) in [6, 6.07) is 2.50. The second-order valence-corrected chi connectivity index (χ2v) is 7.47. The Hall–Kier alpha value is -1.80. The first-order valence-corrected chi connectivity index (χ1v) is 8.52. The van der Waals surface area contributed by atoms with E-state index in [1.54, 1.807) is 20.8 Å². The average Bonchev–Trinajstić information content (AvgIpc) is 2.44. The Morgan fingerprint density at radius 2 is 2.00 bits per heavy atom. The molecule has 0 unspecified atom stereocenters. The Kier molecular flexibility index (Phi) is 7.04. The summed E-state index contributed by atoms with van der Waals surface area (Å²) < 4.78 is 5.10. The van der Waals surface area contributed by atoms with Crippen LogP contribution in [0.4, 0.5) is 5.69 Å². The van der Waals surface area contributed by atoms with E-state index in [4.69, 9.17) is 16.3 Å². The Morgan fingerprint density at radius 1 is 1.38 bits per heavy atom. The number of ether oxygens (including phenoxy) is 1. The number of halogens is 1. The van der Waals surface area contributed by atoms with Crippen molar-refractivity contribution in [3.8, 4) is 0 Å². The number of carbonyl (C=O) groups is 2. The molecular formula is C15H19ClN2O5S. The average molecular weight is 375 g/mol. The molecule has 0 aromatic heterocycles. The molecule has 0 radical (unpaired) electrons. The predicted molar refractivity (Wildman–Crippen MR) is 92.7 cm³/mol. The summed E-state index contributed by atoms with van der Waals surface area (Å²) in [7, 11) is 0. The lowest BCUT2D eigenvalue weighted by molar-refractivity contribution is -0.384. The van der Waals surface area contributed by atoms with E-state index in [9.17, 15) is 19.7 Å². The summed E-state index contributed by atoms with van der Waals surface area (Å²) in [5, 5.41) is 13.3. The Morgan fingerprint density at radius 3 is 2.50 bits per heavy atom. The van der Waals surface area contributed by atoms with E-state index in [0.29, 0.717) is 10.6 Å². The molecule has 0 heterocycles. The van der Waals surface area contributed by atoms with E-state index in [1.807, 2.05) is 6.92 Å². The standard InChI is InChI=1S/C15H19ClN2O5S/c1-5-24-12-7-11(18(21)22)10(16)6-9(12)14(20)17-8-13(19)23-15(2,3)4/h6-7H,5,8H2,1-4H3,(H,17,20). The fraction of sp³-hybridized carbons (Fsp3) is 0.467. The maximum Gasteiger partial charge on any atom is 0.325 e. The smallest absolute Gasteiger partial charge is 0.325 e. The number of rotatable bonds is 6. The van der Waals surface area contributed by atoms with Crippen LogP contribution in [-0.2, 0) is 9.53 Å². The van der Waals surface area contributed by atoms with Gasteiger partial charge in [-0.05, 0) is 32.6 Å². The highest BCUT2D eigenvalue weighted by Crippen LogP contribution is 2.33. The summed E-state index contributed by atoms with van der Waals surface area (Å²) in [6.45, 7) is 6.71. The van der Waals surface area contributed by atoms with Crippen LogP contribution in [0, 0.1) is 10.1 Å². The lowest BCUT2D eigenvalue weighted by Gasteiger charge is -2.19. The number of nitrogens with zero attached hydrogens (tertiary/aromatic N) is 1. The second-order valence-electron chi connectivity index (χ2n) is 5.76. The van der Waals surface area contributed by atoms with E-state index in [0.717, 1.165) is 0 Å². The van der Waals surface area contributed by atoms with Gasteiger partial charge in [0, 0.05) is 11.0 Å². The Bertz CT molecular complexity index is 658. The van der Waals surface area contributed by atoms with Crippen molar-refractivity contribution in [3.63, 3.8) is 0 Å². The van der Waals surface area contributed by atoms with Crippen LogP contribution in [-0.4, -0.2) is 34.7 Å². The van der Waals surface area contributed by atoms with Crippen molar-refractivity contribution >= 4 is 40.9 Å². The van der Waals surface area contributed by atoms with Crippen molar-refractivity contribution in [2.45, 2.75) is 38.2 Å². The minimum atomic E-state index is -0.651. The fourth-order valence-electron chi connectivity index (χ4n) is 1.76. The van der Waals surface area contributed by atoms with Gasteiger partial charge in [0.1, 0.15) is 17.2 Å². The van der Waals surface area contributed by atoms with Gasteiger partial charge in [-0.2, -0.15) is 0 Å². The second kappa shape index (κ2) is 8.34. The summed E-state index contributed by atoms with van der Waals surface area (Å²) in [4.78, 5) is 34.7. The number of nitrogens with one attached hydrogen (secondary N) is 1. The van der Waals surface area contributed by atoms with Gasteiger partial charge < -0.3 is 10.1 Å². The number of nitro groups is 1. The number of esters is 1. The number of hydrogen-bond donors (Lipinski definition) is 1. The minimum absolute atomic E-state index is 0.136. The number of benzene rings is 1. The molecule has 1 aromatic carbocycles. The van der Waals surface area contributed by atoms with Gasteiger partial charge in [0.2, 0.25) is 0 Å². The molecule has 0 saturated carbocycles. The molecule has 1 N–H and O–H groups in total. The first-order chi connectivity index (χ1) is 11.0. The first kappa shape index (κ1) is 20.2. The van der Waals surface area contributed by atoms with Crippen LogP contribution < -0.4 is 5.32 Å². The third kappa shape index (κ3) is 6.01. The zero-order valence-corrected chi connectivity index (χ0v) is 15.4. The van der Waals surface area contributed by atoms with E-state index >= 15 is 0 Å². The molecule has 0 aliphatic rings. The molecular weight excluding hydrogens is 356 g/mol. The summed E-state index contributed by atoms with van der Waals surface area (Å²) in [5.74, 6) is -0.507. The molecule has 0 spiro atoms. The van der Waals surface area contributed by atoms with Gasteiger partial charge in [-0.1, -0.05) is 18.5 Å². The highest BCUT2D eigenvalue weighted by atomic mass is 35.5. The molecule has 0 saturated heterocycles. The van der Waals surface area contributed by atoms with Crippen LogP contribution in [0.25, 0.3) is 0 Å². The quantitative estimate of drug-likeness (QED) is 0.354. The molecule has 132 valence electrons. The largest absolute Gasteiger partial charge is 0.459 e. The van der Waals surface area contributed by atoms with E-state index in [1.165, 1.54) is 23.9 Å². The SMILES string of the molecule is CCSc1cc([N+](=O)[O-])c(Cl)cc1C(=O)NCC(=O)OC(C)(C)C. The summed E-state index contributed by atoms with van der Waals surface area (Å²) >= 11 is 7.14. The van der Waals surface area contributed by atoms with Gasteiger partial charge >= 0.3 is 5.97 Å². The van der Waals surface area contributed by atoms with Crippen molar-refractivity contribution in [1.82, 2.24) is 5.32 Å². The molecule has 0 aliphatic carbocycles. The van der Waals surface area contributed by atoms with E-state index < -0.39 is 22.4 Å². The maximum absolute atomic E-state index is 12.3. The van der Waals surface area contributed by atoms with Gasteiger partial charge in [0.25, 0.3) is 11.6 Å². The molecule has 1 amide bonds. The zero-order valence-electron chi connectivity index (χ0n) is 13.8. The topological polar surface area (TPSA) is 98.5 Å². The maximum atomic E-state index is 12.3. The molecule has 0 fully saturated rings. The van der Waals surface area contributed by atoms with Crippen LogP contribution in [0.3, 0.4) is 0 Å². The van der Waals surface area contributed by atoms with Gasteiger partial charge in [-0.25, -0.2) is 0 Å². The number of carbonyl (C=O) groups excluding carboxylic acids is 2. The van der Waals surface area contributed by atoms with Crippen LogP contribution in [0.5, 0.6) is 0 Å². The third-order valence-corrected chi connectivity index (χ3v) is 3.84. The zero-order chi connectivity index (χ0) is 18.5. The monoisotopic (exact) mass is 374 g/mol. The molecule has 24 heavy (non-hydrogen) atoms. The van der Waals surface area contributed by atoms with Crippen LogP contribution in [0.15, 0.2) is 17.0 Å². The third-order valence-electron chi connectivity index (χ3n) is 2.60. The van der Waals surface area contributed by atoms with Crippen molar-refractivity contribution in [2.24, 2.45) is 0 Å². The highest BCUT2D eigenvalue weighted by molar-refractivity contribution is 7.99. The molecule has 0 aliphatic heterocycles. The summed E-state index contributed by atoms with van der Waals surface area (Å²) in [6.07, 6.45) is 0. The van der Waals surface area contributed by atoms with Crippen LogP contribution >= 0.6 is 23.4 Å². The number of hydrogen-bond acceptors (Lipinski definition) is 6. The van der Waals surface area contributed by atoms with Gasteiger partial charge in [-0.3, -0.25) is 19.7 Å². The lowest BCUT2D eigenvalue weighted by atomic mass is 10.2. The molecule has 0 atom stereocenters. The molecule has 1 rings (SSSR count). The fourth-order valence-corrected chi connectivity index (χ4v) is 2.81. The van der Waals surface area contributed by atoms with Crippen molar-refractivity contribution in [1.29, 1.82) is 0 Å². The molecule has 9 heteroatoms. The van der Waals surface area contributed by atoms with Gasteiger partial charge in [-0.15, -0.1) is 11.8 Å². The Labute approximate surface area is 149 Å². The Balaban J connectivity index is 2.95. The first-order valence-electron chi connectivity index (χ1n) is 7.16. The van der Waals surface area contributed by atoms with Crippen molar-refractivity contribution in [2.75, 3.05) is 12.3 Å². The molecule has 1 aromatic rings. The minimum Gasteiger partial charge on any atom is -0.459 e. The summed E-state index contributed by atoms with van der Waals surface area (Å²) in [5.41, 5.74) is -0.737. The lowest BCUT2D eigenvalue weighted by Crippen LogP contribution is -2.34. The number of thioether (sulfide) groups is 1. The predicted octanol–water partition coefficient (Wildman–Crippen LogP) is 3.43. The van der Waals surface area contributed by atoms with Gasteiger partial charge in [0.15, 0.2) is 0 Å². The highest BCUT2D eigenvalue weighted by Gasteiger charge is 2.22. The van der Waals surface area contributed by atoms with Crippen LogP contribution in [0.1, 0.15) is 38.1 Å². The van der Waals surface area contributed by atoms with E-state index in [2.05, 4.69) is 5.32 Å². The number of amides is 1. The van der Waals surface area contributed by atoms with Crippen LogP contribution in [0.2, 0.25) is 5.02 Å². The molecule has 0 bridgehead atoms. The van der Waals surface area contributed by atoms with Gasteiger partial charge in [0.05, 0.1) is 10.5 Å².